The van der Waals surface area contributed by atoms with E-state index in [0.717, 1.165) is 16.5 Å². The fraction of sp³-hybridized carbons (Fsp3) is 0.316. The van der Waals surface area contributed by atoms with Crippen molar-refractivity contribution in [2.45, 2.75) is 18.8 Å². The van der Waals surface area contributed by atoms with E-state index in [1.165, 1.54) is 31.5 Å². The monoisotopic (exact) mass is 307 g/mol. The largest absolute Gasteiger partial charge is 0.357 e. The predicted molar refractivity (Wildman–Crippen MR) is 93.8 cm³/mol. The van der Waals surface area contributed by atoms with Gasteiger partial charge in [0.2, 0.25) is 0 Å². The molecule has 1 fully saturated rings. The van der Waals surface area contributed by atoms with Crippen molar-refractivity contribution < 1.29 is 0 Å². The number of nitrogens with zero attached hydrogens (tertiary/aromatic N) is 1. The van der Waals surface area contributed by atoms with E-state index < -0.39 is 0 Å². The third-order valence-electron chi connectivity index (χ3n) is 5.02. The maximum absolute atomic E-state index is 11.8. The summed E-state index contributed by atoms with van der Waals surface area (Å²) in [7, 11) is 2.19. The van der Waals surface area contributed by atoms with Crippen LogP contribution < -0.4 is 5.56 Å². The molecule has 1 aromatic carbocycles. The van der Waals surface area contributed by atoms with Gasteiger partial charge in [-0.25, -0.2) is 0 Å². The Balaban J connectivity index is 1.66. The number of fused-ring (bicyclic) bond motifs is 1. The quantitative estimate of drug-likeness (QED) is 0.763. The maximum atomic E-state index is 11.8. The summed E-state index contributed by atoms with van der Waals surface area (Å²) >= 11 is 0. The number of benzene rings is 1. The SMILES string of the molecule is CN1CCC(c2ccc(-c3c[nH]c(=O)c4[nH]ccc34)cc2)CC1. The molecule has 1 aliphatic heterocycles. The minimum atomic E-state index is -0.0725. The molecule has 0 unspecified atom stereocenters. The molecule has 118 valence electrons. The summed E-state index contributed by atoms with van der Waals surface area (Å²) in [4.78, 5) is 20.1. The van der Waals surface area contributed by atoms with E-state index in [1.54, 1.807) is 0 Å². The van der Waals surface area contributed by atoms with Crippen LogP contribution in [0.3, 0.4) is 0 Å². The molecule has 0 aliphatic carbocycles. The van der Waals surface area contributed by atoms with Crippen LogP contribution >= 0.6 is 0 Å². The van der Waals surface area contributed by atoms with Crippen LogP contribution in [0, 0.1) is 0 Å². The predicted octanol–water partition coefficient (Wildman–Crippen LogP) is 3.33. The van der Waals surface area contributed by atoms with E-state index >= 15 is 0 Å². The summed E-state index contributed by atoms with van der Waals surface area (Å²) < 4.78 is 0. The second kappa shape index (κ2) is 5.70. The van der Waals surface area contributed by atoms with Gasteiger partial charge in [0, 0.05) is 23.3 Å². The molecule has 0 bridgehead atoms. The van der Waals surface area contributed by atoms with E-state index in [1.807, 2.05) is 18.5 Å². The summed E-state index contributed by atoms with van der Waals surface area (Å²) in [5, 5.41) is 0.973. The summed E-state index contributed by atoms with van der Waals surface area (Å²) in [5.74, 6) is 0.670. The Morgan fingerprint density at radius 2 is 1.78 bits per heavy atom. The zero-order valence-electron chi connectivity index (χ0n) is 13.3. The first-order chi connectivity index (χ1) is 11.2. The van der Waals surface area contributed by atoms with E-state index in [2.05, 4.69) is 46.2 Å². The average Bonchev–Trinajstić information content (AvgIpc) is 3.07. The average molecular weight is 307 g/mol. The molecule has 0 saturated carbocycles. The van der Waals surface area contributed by atoms with Crippen molar-refractivity contribution in [1.29, 1.82) is 0 Å². The number of piperidine rings is 1. The van der Waals surface area contributed by atoms with Crippen LogP contribution in [-0.4, -0.2) is 35.0 Å². The molecule has 3 heterocycles. The Labute approximate surface area is 135 Å². The Bertz CT molecular complexity index is 868. The van der Waals surface area contributed by atoms with Gasteiger partial charge in [-0.05, 0) is 56.1 Å². The number of rotatable bonds is 2. The maximum Gasteiger partial charge on any atom is 0.272 e. The number of hydrogen-bond donors (Lipinski definition) is 2. The first kappa shape index (κ1) is 14.3. The van der Waals surface area contributed by atoms with Crippen LogP contribution in [0.4, 0.5) is 0 Å². The molecule has 23 heavy (non-hydrogen) atoms. The van der Waals surface area contributed by atoms with Gasteiger partial charge in [-0.15, -0.1) is 0 Å². The Morgan fingerprint density at radius 1 is 1.04 bits per heavy atom. The highest BCUT2D eigenvalue weighted by Gasteiger charge is 2.18. The van der Waals surface area contributed by atoms with Gasteiger partial charge in [0.1, 0.15) is 5.52 Å². The van der Waals surface area contributed by atoms with E-state index in [4.69, 9.17) is 0 Å². The lowest BCUT2D eigenvalue weighted by atomic mass is 9.88. The molecule has 3 aromatic rings. The molecule has 4 rings (SSSR count). The molecular weight excluding hydrogens is 286 g/mol. The van der Waals surface area contributed by atoms with E-state index in [0.29, 0.717) is 11.4 Å². The minimum absolute atomic E-state index is 0.0725. The number of likely N-dealkylation sites (tertiary alicyclic amines) is 1. The lowest BCUT2D eigenvalue weighted by molar-refractivity contribution is 0.255. The normalized spacial score (nSPS) is 16.9. The summed E-state index contributed by atoms with van der Waals surface area (Å²) in [6, 6.07) is 10.8. The Kier molecular flexibility index (Phi) is 3.54. The van der Waals surface area contributed by atoms with Crippen molar-refractivity contribution >= 4 is 10.9 Å². The van der Waals surface area contributed by atoms with Crippen LogP contribution in [0.15, 0.2) is 47.5 Å². The number of aromatic amines is 2. The van der Waals surface area contributed by atoms with Gasteiger partial charge in [0.15, 0.2) is 0 Å². The minimum Gasteiger partial charge on any atom is -0.357 e. The second-order valence-electron chi connectivity index (χ2n) is 6.50. The third kappa shape index (κ3) is 2.59. The summed E-state index contributed by atoms with van der Waals surface area (Å²) in [6.07, 6.45) is 6.09. The first-order valence-electron chi connectivity index (χ1n) is 8.20. The van der Waals surface area contributed by atoms with Crippen LogP contribution in [-0.2, 0) is 0 Å². The van der Waals surface area contributed by atoms with Gasteiger partial charge < -0.3 is 14.9 Å². The van der Waals surface area contributed by atoms with Crippen molar-refractivity contribution in [3.8, 4) is 11.1 Å². The van der Waals surface area contributed by atoms with Gasteiger partial charge in [-0.3, -0.25) is 4.79 Å². The number of pyridine rings is 1. The lowest BCUT2D eigenvalue weighted by Crippen LogP contribution is -2.29. The summed E-state index contributed by atoms with van der Waals surface area (Å²) in [6.45, 7) is 2.35. The van der Waals surface area contributed by atoms with Crippen molar-refractivity contribution in [3.63, 3.8) is 0 Å². The molecule has 2 N–H and O–H groups in total. The fourth-order valence-corrected chi connectivity index (χ4v) is 3.58. The third-order valence-corrected chi connectivity index (χ3v) is 5.02. The van der Waals surface area contributed by atoms with Gasteiger partial charge in [-0.1, -0.05) is 24.3 Å². The number of hydrogen-bond acceptors (Lipinski definition) is 2. The van der Waals surface area contributed by atoms with Gasteiger partial charge >= 0.3 is 0 Å². The Morgan fingerprint density at radius 3 is 2.52 bits per heavy atom. The number of nitrogens with one attached hydrogen (secondary N) is 2. The molecule has 1 saturated heterocycles. The molecule has 0 spiro atoms. The highest BCUT2D eigenvalue weighted by atomic mass is 16.1. The van der Waals surface area contributed by atoms with E-state index in [9.17, 15) is 4.79 Å². The molecular formula is C19H21N3O. The van der Waals surface area contributed by atoms with Crippen LogP contribution in [0.2, 0.25) is 0 Å². The molecule has 0 amide bonds. The molecule has 2 aromatic heterocycles. The Hall–Kier alpha value is -2.33. The first-order valence-corrected chi connectivity index (χ1v) is 8.20. The zero-order chi connectivity index (χ0) is 15.8. The lowest BCUT2D eigenvalue weighted by Gasteiger charge is -2.29. The molecule has 4 nitrogen and oxygen atoms in total. The number of aromatic nitrogens is 2. The molecule has 1 aliphatic rings. The van der Waals surface area contributed by atoms with Crippen molar-refractivity contribution in [2.24, 2.45) is 0 Å². The van der Waals surface area contributed by atoms with Crippen molar-refractivity contribution in [3.05, 3.63) is 58.6 Å². The van der Waals surface area contributed by atoms with Crippen LogP contribution in [0.1, 0.15) is 24.3 Å². The standard InChI is InChI=1S/C19H21N3O/c1-22-10-7-14(8-11-22)13-2-4-15(5-3-13)17-12-21-19(23)18-16(17)6-9-20-18/h2-6,9,12,14,20H,7-8,10-11H2,1H3,(H,21,23). The summed E-state index contributed by atoms with van der Waals surface area (Å²) in [5.41, 5.74) is 4.20. The van der Waals surface area contributed by atoms with Crippen molar-refractivity contribution in [2.75, 3.05) is 20.1 Å². The zero-order valence-corrected chi connectivity index (χ0v) is 13.3. The van der Waals surface area contributed by atoms with Crippen molar-refractivity contribution in [1.82, 2.24) is 14.9 Å². The fourth-order valence-electron chi connectivity index (χ4n) is 3.58. The molecule has 0 radical (unpaired) electrons. The van der Waals surface area contributed by atoms with E-state index in [-0.39, 0.29) is 5.56 Å². The van der Waals surface area contributed by atoms with Gasteiger partial charge in [-0.2, -0.15) is 0 Å². The highest BCUT2D eigenvalue weighted by Crippen LogP contribution is 2.31. The molecule has 4 heteroatoms. The van der Waals surface area contributed by atoms with Gasteiger partial charge in [0.05, 0.1) is 0 Å². The smallest absolute Gasteiger partial charge is 0.272 e. The number of H-pyrrole nitrogens is 2. The van der Waals surface area contributed by atoms with Crippen LogP contribution in [0.25, 0.3) is 22.0 Å². The van der Waals surface area contributed by atoms with Gasteiger partial charge in [0.25, 0.3) is 5.56 Å². The van der Waals surface area contributed by atoms with Crippen LogP contribution in [0.5, 0.6) is 0 Å². The second-order valence-corrected chi connectivity index (χ2v) is 6.50. The topological polar surface area (TPSA) is 51.9 Å². The molecule has 0 atom stereocenters. The highest BCUT2D eigenvalue weighted by molar-refractivity contribution is 5.94.